The molecule has 1 aliphatic heterocycles. The Kier molecular flexibility index (Phi) is 6.57. The largest absolute Gasteiger partial charge is 0.495 e. The fraction of sp³-hybridized carbons (Fsp3) is 0.364. The van der Waals surface area contributed by atoms with Gasteiger partial charge in [-0.05, 0) is 31.4 Å². The summed E-state index contributed by atoms with van der Waals surface area (Å²) in [6.07, 6.45) is 3.32. The first-order chi connectivity index (χ1) is 15.8. The molecule has 174 valence electrons. The highest BCUT2D eigenvalue weighted by Gasteiger charge is 2.23. The lowest BCUT2D eigenvalue weighted by Crippen LogP contribution is -2.34. The fourth-order valence-electron chi connectivity index (χ4n) is 3.84. The molecule has 33 heavy (non-hydrogen) atoms. The van der Waals surface area contributed by atoms with Gasteiger partial charge in [0.05, 0.1) is 41.5 Å². The minimum absolute atomic E-state index is 0.0693. The average molecular weight is 491 g/mol. The zero-order valence-electron chi connectivity index (χ0n) is 18.4. The van der Waals surface area contributed by atoms with Crippen LogP contribution in [0.4, 0.5) is 5.69 Å². The highest BCUT2D eigenvalue weighted by Crippen LogP contribution is 2.37. The average Bonchev–Trinajstić information content (AvgIpc) is 3.44. The molecule has 2 amide bonds. The molecule has 11 heteroatoms. The smallest absolute Gasteiger partial charge is 0.266 e. The first kappa shape index (κ1) is 23.1. The van der Waals surface area contributed by atoms with Crippen LogP contribution in [0.1, 0.15) is 28.1 Å². The quantitative estimate of drug-likeness (QED) is 0.568. The predicted molar refractivity (Wildman–Crippen MR) is 127 cm³/mol. The molecule has 3 heterocycles. The third-order valence-electron chi connectivity index (χ3n) is 5.61. The Morgan fingerprint density at radius 2 is 1.88 bits per heavy atom. The van der Waals surface area contributed by atoms with E-state index < -0.39 is 5.91 Å². The van der Waals surface area contributed by atoms with Gasteiger partial charge < -0.3 is 19.7 Å². The number of likely N-dealkylation sites (tertiary alicyclic amines) is 1. The number of hydrogen-bond donors (Lipinski definition) is 1. The number of aromatic nitrogens is 2. The summed E-state index contributed by atoms with van der Waals surface area (Å²) in [4.78, 5) is 45.5. The van der Waals surface area contributed by atoms with Crippen molar-refractivity contribution in [3.05, 3.63) is 44.3 Å². The van der Waals surface area contributed by atoms with Crippen LogP contribution in [0.25, 0.3) is 10.2 Å². The number of fused-ring (bicyclic) bond motifs is 1. The van der Waals surface area contributed by atoms with Gasteiger partial charge in [-0.2, -0.15) is 0 Å². The van der Waals surface area contributed by atoms with Crippen LogP contribution in [0.3, 0.4) is 0 Å². The van der Waals surface area contributed by atoms with Gasteiger partial charge in [-0.3, -0.25) is 19.0 Å². The van der Waals surface area contributed by atoms with Crippen molar-refractivity contribution < 1.29 is 19.1 Å². The number of hydrogen-bond acceptors (Lipinski definition) is 7. The second kappa shape index (κ2) is 9.40. The molecule has 0 radical (unpaired) electrons. The number of thiophene rings is 1. The molecular formula is C22H23ClN4O5S. The molecule has 0 saturated carbocycles. The van der Waals surface area contributed by atoms with E-state index in [4.69, 9.17) is 21.1 Å². The van der Waals surface area contributed by atoms with Gasteiger partial charge in [0.25, 0.3) is 11.5 Å². The van der Waals surface area contributed by atoms with Crippen LogP contribution in [0.5, 0.6) is 11.5 Å². The van der Waals surface area contributed by atoms with Gasteiger partial charge in [0.15, 0.2) is 0 Å². The Bertz CT molecular complexity index is 1300. The summed E-state index contributed by atoms with van der Waals surface area (Å²) in [5.41, 5.74) is 0.531. The third kappa shape index (κ3) is 4.40. The summed E-state index contributed by atoms with van der Waals surface area (Å²) in [7, 11) is 2.96. The Morgan fingerprint density at radius 3 is 2.55 bits per heavy atom. The number of carbonyl (C=O) groups excluding carboxylic acids is 2. The van der Waals surface area contributed by atoms with Crippen molar-refractivity contribution in [3.63, 3.8) is 0 Å². The standard InChI is InChI=1S/C22H23ClN4O5S/c1-12-18-21(24-11-27(22(18)30)10-17(28)26-6-4-5-7-26)33-19(12)20(29)25-14-8-13(23)15(31-2)9-16(14)32-3/h8-9,11H,4-7,10H2,1-3H3,(H,25,29). The summed E-state index contributed by atoms with van der Waals surface area (Å²) in [5, 5.41) is 3.43. The van der Waals surface area contributed by atoms with E-state index >= 15 is 0 Å². The third-order valence-corrected chi connectivity index (χ3v) is 7.10. The minimum atomic E-state index is -0.422. The van der Waals surface area contributed by atoms with Crippen LogP contribution in [0, 0.1) is 6.92 Å². The Labute approximate surface area is 198 Å². The van der Waals surface area contributed by atoms with E-state index in [-0.39, 0.29) is 18.0 Å². The minimum Gasteiger partial charge on any atom is -0.495 e. The van der Waals surface area contributed by atoms with E-state index in [1.807, 2.05) is 0 Å². The Hall–Kier alpha value is -3.11. The van der Waals surface area contributed by atoms with Crippen LogP contribution in [-0.2, 0) is 11.3 Å². The first-order valence-electron chi connectivity index (χ1n) is 10.3. The normalized spacial score (nSPS) is 13.4. The van der Waals surface area contributed by atoms with Gasteiger partial charge >= 0.3 is 0 Å². The molecule has 9 nitrogen and oxygen atoms in total. The zero-order valence-corrected chi connectivity index (χ0v) is 20.0. The molecule has 1 N–H and O–H groups in total. The number of aryl methyl sites for hydroxylation is 1. The second-order valence-corrected chi connectivity index (χ2v) is 9.05. The molecule has 3 aromatic rings. The number of halogens is 1. The van der Waals surface area contributed by atoms with Gasteiger partial charge in [0.2, 0.25) is 5.91 Å². The molecule has 0 unspecified atom stereocenters. The predicted octanol–water partition coefficient (Wildman–Crippen LogP) is 3.31. The maximum absolute atomic E-state index is 13.1. The lowest BCUT2D eigenvalue weighted by Gasteiger charge is -2.15. The highest BCUT2D eigenvalue weighted by molar-refractivity contribution is 7.20. The molecular weight excluding hydrogens is 468 g/mol. The topological polar surface area (TPSA) is 103 Å². The molecule has 1 aromatic carbocycles. The van der Waals surface area contributed by atoms with E-state index in [9.17, 15) is 14.4 Å². The SMILES string of the molecule is COc1cc(OC)c(NC(=O)c2sc3ncn(CC(=O)N4CCCC4)c(=O)c3c2C)cc1Cl. The van der Waals surface area contributed by atoms with Crippen LogP contribution >= 0.6 is 22.9 Å². The number of rotatable bonds is 6. The summed E-state index contributed by atoms with van der Waals surface area (Å²) in [5.74, 6) is 0.265. The zero-order chi connectivity index (χ0) is 23.7. The summed E-state index contributed by atoms with van der Waals surface area (Å²) < 4.78 is 11.8. The summed E-state index contributed by atoms with van der Waals surface area (Å²) in [6.45, 7) is 3.05. The Morgan fingerprint density at radius 1 is 1.18 bits per heavy atom. The number of methoxy groups -OCH3 is 2. The van der Waals surface area contributed by atoms with Crippen molar-refractivity contribution in [2.24, 2.45) is 0 Å². The van der Waals surface area contributed by atoms with E-state index in [1.54, 1.807) is 17.9 Å². The maximum Gasteiger partial charge on any atom is 0.266 e. The molecule has 0 aliphatic carbocycles. The van der Waals surface area contributed by atoms with Crippen molar-refractivity contribution in [2.75, 3.05) is 32.6 Å². The fourth-order valence-corrected chi connectivity index (χ4v) is 5.11. The molecule has 0 spiro atoms. The van der Waals surface area contributed by atoms with Crippen molar-refractivity contribution in [2.45, 2.75) is 26.3 Å². The lowest BCUT2D eigenvalue weighted by atomic mass is 10.2. The molecule has 1 saturated heterocycles. The number of benzene rings is 1. The van der Waals surface area contributed by atoms with Gasteiger partial charge in [-0.15, -0.1) is 11.3 Å². The van der Waals surface area contributed by atoms with Crippen molar-refractivity contribution >= 4 is 50.7 Å². The molecule has 0 bridgehead atoms. The number of ether oxygens (including phenoxy) is 2. The van der Waals surface area contributed by atoms with Crippen molar-refractivity contribution in [1.82, 2.24) is 14.5 Å². The van der Waals surface area contributed by atoms with Crippen molar-refractivity contribution in [1.29, 1.82) is 0 Å². The van der Waals surface area contributed by atoms with E-state index in [1.165, 1.54) is 31.2 Å². The van der Waals surface area contributed by atoms with Gasteiger partial charge in [0.1, 0.15) is 22.9 Å². The van der Waals surface area contributed by atoms with E-state index in [2.05, 4.69) is 10.3 Å². The van der Waals surface area contributed by atoms with Crippen LogP contribution in [-0.4, -0.2) is 53.6 Å². The summed E-state index contributed by atoms with van der Waals surface area (Å²) >= 11 is 7.31. The van der Waals surface area contributed by atoms with Crippen molar-refractivity contribution in [3.8, 4) is 11.5 Å². The van der Waals surface area contributed by atoms with Gasteiger partial charge in [-0.1, -0.05) is 11.6 Å². The number of amides is 2. The number of nitrogens with zero attached hydrogens (tertiary/aromatic N) is 3. The van der Waals surface area contributed by atoms with Gasteiger partial charge in [-0.25, -0.2) is 4.98 Å². The van der Waals surface area contributed by atoms with E-state index in [0.717, 1.165) is 24.2 Å². The molecule has 0 atom stereocenters. The van der Waals surface area contributed by atoms with E-state index in [0.29, 0.717) is 56.0 Å². The maximum atomic E-state index is 13.1. The van der Waals surface area contributed by atoms with Gasteiger partial charge in [0, 0.05) is 19.2 Å². The van der Waals surface area contributed by atoms with Crippen LogP contribution in [0.2, 0.25) is 5.02 Å². The highest BCUT2D eigenvalue weighted by atomic mass is 35.5. The number of nitrogens with one attached hydrogen (secondary N) is 1. The molecule has 1 fully saturated rings. The molecule has 2 aromatic heterocycles. The first-order valence-corrected chi connectivity index (χ1v) is 11.5. The number of anilines is 1. The molecule has 1 aliphatic rings. The molecule has 4 rings (SSSR count). The lowest BCUT2D eigenvalue weighted by molar-refractivity contribution is -0.130. The monoisotopic (exact) mass is 490 g/mol. The second-order valence-electron chi connectivity index (χ2n) is 7.64. The summed E-state index contributed by atoms with van der Waals surface area (Å²) in [6, 6.07) is 3.11. The number of carbonyl (C=O) groups is 2. The van der Waals surface area contributed by atoms with Crippen LogP contribution < -0.4 is 20.3 Å². The van der Waals surface area contributed by atoms with Crippen LogP contribution in [0.15, 0.2) is 23.3 Å². The Balaban J connectivity index is 1.64.